The van der Waals surface area contributed by atoms with Crippen molar-refractivity contribution >= 4 is 23.2 Å². The highest BCUT2D eigenvalue weighted by molar-refractivity contribution is 6.30. The predicted molar refractivity (Wildman–Crippen MR) is 77.9 cm³/mol. The highest BCUT2D eigenvalue weighted by atomic mass is 35.5. The summed E-state index contributed by atoms with van der Waals surface area (Å²) >= 11 is 5.80. The van der Waals surface area contributed by atoms with Crippen LogP contribution in [0.1, 0.15) is 11.1 Å². The second-order valence-electron chi connectivity index (χ2n) is 4.32. The molecule has 0 spiro atoms. The van der Waals surface area contributed by atoms with E-state index < -0.39 is 0 Å². The summed E-state index contributed by atoms with van der Waals surface area (Å²) < 4.78 is 0. The van der Waals surface area contributed by atoms with E-state index in [1.807, 2.05) is 36.4 Å². The first kappa shape index (κ1) is 13.4. The third kappa shape index (κ3) is 4.30. The highest BCUT2D eigenvalue weighted by Gasteiger charge is 2.03. The molecule has 3 N–H and O–H groups in total. The average Bonchev–Trinajstić information content (AvgIpc) is 2.41. The summed E-state index contributed by atoms with van der Waals surface area (Å²) in [6.07, 6.45) is 0.355. The molecule has 2 aromatic rings. The SMILES string of the molecule is Nc1ccc(CC(=O)NCc2ccc(Cl)cc2)cc1. The maximum atomic E-state index is 11.8. The van der Waals surface area contributed by atoms with Crippen LogP contribution in [0.3, 0.4) is 0 Å². The molecule has 0 radical (unpaired) electrons. The fourth-order valence-electron chi connectivity index (χ4n) is 1.69. The van der Waals surface area contributed by atoms with E-state index in [4.69, 9.17) is 17.3 Å². The maximum Gasteiger partial charge on any atom is 0.224 e. The second-order valence-corrected chi connectivity index (χ2v) is 4.76. The lowest BCUT2D eigenvalue weighted by Gasteiger charge is -2.06. The highest BCUT2D eigenvalue weighted by Crippen LogP contribution is 2.09. The van der Waals surface area contributed by atoms with Crippen LogP contribution in [-0.4, -0.2) is 5.91 Å². The number of rotatable bonds is 4. The number of anilines is 1. The monoisotopic (exact) mass is 274 g/mol. The molecule has 0 aliphatic carbocycles. The van der Waals surface area contributed by atoms with Gasteiger partial charge in [0.15, 0.2) is 0 Å². The topological polar surface area (TPSA) is 55.1 Å². The second kappa shape index (κ2) is 6.25. The van der Waals surface area contributed by atoms with Gasteiger partial charge in [0.1, 0.15) is 0 Å². The van der Waals surface area contributed by atoms with Gasteiger partial charge in [0.25, 0.3) is 0 Å². The Morgan fingerprint density at radius 1 is 1.00 bits per heavy atom. The molecule has 1 amide bonds. The minimum atomic E-state index is -0.0141. The first-order valence-electron chi connectivity index (χ1n) is 5.99. The van der Waals surface area contributed by atoms with Gasteiger partial charge in [-0.1, -0.05) is 35.9 Å². The number of amides is 1. The van der Waals surface area contributed by atoms with Crippen LogP contribution in [0.25, 0.3) is 0 Å². The zero-order chi connectivity index (χ0) is 13.7. The molecule has 3 nitrogen and oxygen atoms in total. The van der Waals surface area contributed by atoms with E-state index >= 15 is 0 Å². The fourth-order valence-corrected chi connectivity index (χ4v) is 1.81. The van der Waals surface area contributed by atoms with Crippen molar-refractivity contribution in [3.8, 4) is 0 Å². The van der Waals surface area contributed by atoms with Crippen LogP contribution in [0.5, 0.6) is 0 Å². The van der Waals surface area contributed by atoms with Crippen molar-refractivity contribution in [1.29, 1.82) is 0 Å². The zero-order valence-electron chi connectivity index (χ0n) is 10.4. The van der Waals surface area contributed by atoms with Crippen LogP contribution in [0, 0.1) is 0 Å². The summed E-state index contributed by atoms with van der Waals surface area (Å²) in [7, 11) is 0. The Labute approximate surface area is 117 Å². The third-order valence-electron chi connectivity index (χ3n) is 2.75. The van der Waals surface area contributed by atoms with E-state index in [2.05, 4.69) is 5.32 Å². The van der Waals surface area contributed by atoms with Gasteiger partial charge in [-0.05, 0) is 35.4 Å². The Morgan fingerprint density at radius 2 is 1.58 bits per heavy atom. The first-order valence-corrected chi connectivity index (χ1v) is 6.37. The average molecular weight is 275 g/mol. The minimum absolute atomic E-state index is 0.0141. The van der Waals surface area contributed by atoms with Crippen molar-refractivity contribution in [1.82, 2.24) is 5.32 Å². The number of nitrogens with two attached hydrogens (primary N) is 1. The third-order valence-corrected chi connectivity index (χ3v) is 3.00. The number of carbonyl (C=O) groups excluding carboxylic acids is 1. The summed E-state index contributed by atoms with van der Waals surface area (Å²) in [5.74, 6) is -0.0141. The van der Waals surface area contributed by atoms with E-state index in [0.29, 0.717) is 23.7 Å². The van der Waals surface area contributed by atoms with Gasteiger partial charge < -0.3 is 11.1 Å². The van der Waals surface area contributed by atoms with Gasteiger partial charge >= 0.3 is 0 Å². The number of nitrogens with one attached hydrogen (secondary N) is 1. The van der Waals surface area contributed by atoms with Crippen molar-refractivity contribution in [2.24, 2.45) is 0 Å². The summed E-state index contributed by atoms with van der Waals surface area (Å²) in [5, 5.41) is 3.56. The summed E-state index contributed by atoms with van der Waals surface area (Å²) in [6, 6.07) is 14.7. The van der Waals surface area contributed by atoms with Crippen LogP contribution in [0.2, 0.25) is 5.02 Å². The van der Waals surface area contributed by atoms with Gasteiger partial charge in [-0.15, -0.1) is 0 Å². The Hall–Kier alpha value is -2.00. The number of halogens is 1. The Balaban J connectivity index is 1.84. The number of benzene rings is 2. The van der Waals surface area contributed by atoms with E-state index in [0.717, 1.165) is 11.1 Å². The molecule has 2 aromatic carbocycles. The van der Waals surface area contributed by atoms with E-state index in [1.165, 1.54) is 0 Å². The van der Waals surface area contributed by atoms with Gasteiger partial charge in [0, 0.05) is 17.3 Å². The first-order chi connectivity index (χ1) is 9.13. The summed E-state index contributed by atoms with van der Waals surface area (Å²) in [6.45, 7) is 0.505. The van der Waals surface area contributed by atoms with E-state index in [9.17, 15) is 4.79 Å². The molecule has 0 aromatic heterocycles. The Bertz CT molecular complexity index is 549. The molecule has 0 bridgehead atoms. The van der Waals surface area contributed by atoms with Gasteiger partial charge in [-0.25, -0.2) is 0 Å². The van der Waals surface area contributed by atoms with Crippen molar-refractivity contribution in [3.05, 3.63) is 64.7 Å². The maximum absolute atomic E-state index is 11.8. The van der Waals surface area contributed by atoms with Crippen LogP contribution < -0.4 is 11.1 Å². The quantitative estimate of drug-likeness (QED) is 0.843. The molecule has 4 heteroatoms. The largest absolute Gasteiger partial charge is 0.399 e. The normalized spacial score (nSPS) is 10.2. The van der Waals surface area contributed by atoms with Gasteiger partial charge in [-0.3, -0.25) is 4.79 Å². The summed E-state index contributed by atoms with van der Waals surface area (Å²) in [4.78, 5) is 11.8. The van der Waals surface area contributed by atoms with Crippen LogP contribution in [0.15, 0.2) is 48.5 Å². The predicted octanol–water partition coefficient (Wildman–Crippen LogP) is 2.78. The van der Waals surface area contributed by atoms with Crippen LogP contribution >= 0.6 is 11.6 Å². The van der Waals surface area contributed by atoms with E-state index in [-0.39, 0.29) is 5.91 Å². The van der Waals surface area contributed by atoms with Crippen LogP contribution in [0.4, 0.5) is 5.69 Å². The molecule has 2 rings (SSSR count). The molecule has 0 fully saturated rings. The van der Waals surface area contributed by atoms with Crippen molar-refractivity contribution in [2.45, 2.75) is 13.0 Å². The van der Waals surface area contributed by atoms with Crippen molar-refractivity contribution in [3.63, 3.8) is 0 Å². The van der Waals surface area contributed by atoms with Crippen LogP contribution in [-0.2, 0) is 17.8 Å². The molecule has 98 valence electrons. The van der Waals surface area contributed by atoms with Crippen molar-refractivity contribution in [2.75, 3.05) is 5.73 Å². The lowest BCUT2D eigenvalue weighted by molar-refractivity contribution is -0.120. The standard InChI is InChI=1S/C15H15ClN2O/c16-13-5-1-12(2-6-13)10-18-15(19)9-11-3-7-14(17)8-4-11/h1-8H,9-10,17H2,(H,18,19). The molecule has 0 unspecified atom stereocenters. The van der Waals surface area contributed by atoms with Gasteiger partial charge in [0.05, 0.1) is 6.42 Å². The van der Waals surface area contributed by atoms with Gasteiger partial charge in [0.2, 0.25) is 5.91 Å². The zero-order valence-corrected chi connectivity index (χ0v) is 11.2. The smallest absolute Gasteiger partial charge is 0.224 e. The molecular formula is C15H15ClN2O. The molecule has 0 atom stereocenters. The fraction of sp³-hybridized carbons (Fsp3) is 0.133. The van der Waals surface area contributed by atoms with Gasteiger partial charge in [-0.2, -0.15) is 0 Å². The Morgan fingerprint density at radius 3 is 2.21 bits per heavy atom. The number of nitrogen functional groups attached to an aromatic ring is 1. The van der Waals surface area contributed by atoms with Crippen molar-refractivity contribution < 1.29 is 4.79 Å². The molecule has 19 heavy (non-hydrogen) atoms. The molecular weight excluding hydrogens is 260 g/mol. The lowest BCUT2D eigenvalue weighted by Crippen LogP contribution is -2.24. The summed E-state index contributed by atoms with van der Waals surface area (Å²) in [5.41, 5.74) is 8.26. The van der Waals surface area contributed by atoms with E-state index in [1.54, 1.807) is 12.1 Å². The molecule has 0 aliphatic rings. The molecule has 0 heterocycles. The molecule has 0 saturated carbocycles. The number of hydrogen-bond acceptors (Lipinski definition) is 2. The molecule has 0 aliphatic heterocycles. The lowest BCUT2D eigenvalue weighted by atomic mass is 10.1. The molecule has 0 saturated heterocycles. The number of hydrogen-bond donors (Lipinski definition) is 2. The number of carbonyl (C=O) groups is 1. The minimum Gasteiger partial charge on any atom is -0.399 e. The Kier molecular flexibility index (Phi) is 4.42.